The van der Waals surface area contributed by atoms with Crippen molar-refractivity contribution in [2.45, 2.75) is 33.8 Å². The lowest BCUT2D eigenvalue weighted by Gasteiger charge is -2.15. The van der Waals surface area contributed by atoms with Crippen molar-refractivity contribution in [2.75, 3.05) is 13.7 Å². The van der Waals surface area contributed by atoms with Crippen molar-refractivity contribution in [2.24, 2.45) is 0 Å². The number of methoxy groups -OCH3 is 1. The van der Waals surface area contributed by atoms with Crippen molar-refractivity contribution >= 4 is 6.08 Å². The Morgan fingerprint density at radius 2 is 1.92 bits per heavy atom. The van der Waals surface area contributed by atoms with Crippen LogP contribution < -0.4 is 4.74 Å². The summed E-state index contributed by atoms with van der Waals surface area (Å²) in [4.78, 5) is 0. The van der Waals surface area contributed by atoms with E-state index in [1.807, 2.05) is 38.1 Å². The van der Waals surface area contributed by atoms with Crippen molar-refractivity contribution in [3.05, 3.63) is 73.1 Å². The molecule has 1 N–H and O–H groups in total. The molecule has 1 unspecified atom stereocenters. The SMILES string of the molecule is C.C=CCOc1ccc(/C=C\C(=C)OC)cc1C(O)CC=C.CC. The van der Waals surface area contributed by atoms with E-state index in [2.05, 4.69) is 19.7 Å². The zero-order valence-electron chi connectivity index (χ0n) is 14.4. The highest BCUT2D eigenvalue weighted by Crippen LogP contribution is 2.29. The Kier molecular flexibility index (Phi) is 14.3. The number of aliphatic hydroxyl groups excluding tert-OH is 1. The molecular formula is C21H32O3. The topological polar surface area (TPSA) is 38.7 Å². The van der Waals surface area contributed by atoms with Gasteiger partial charge < -0.3 is 14.6 Å². The zero-order chi connectivity index (χ0) is 17.7. The molecule has 134 valence electrons. The normalized spacial score (nSPS) is 10.7. The van der Waals surface area contributed by atoms with Crippen LogP contribution in [0.4, 0.5) is 0 Å². The summed E-state index contributed by atoms with van der Waals surface area (Å²) in [5.41, 5.74) is 1.65. The summed E-state index contributed by atoms with van der Waals surface area (Å²) in [6, 6.07) is 5.62. The maximum absolute atomic E-state index is 10.2. The Morgan fingerprint density at radius 3 is 2.46 bits per heavy atom. The molecule has 0 saturated heterocycles. The third-order valence-corrected chi connectivity index (χ3v) is 2.86. The number of rotatable bonds is 9. The lowest BCUT2D eigenvalue weighted by Crippen LogP contribution is -2.02. The molecule has 0 aliphatic rings. The second kappa shape index (κ2) is 14.3. The van der Waals surface area contributed by atoms with E-state index >= 15 is 0 Å². The van der Waals surface area contributed by atoms with Crippen LogP contribution in [-0.2, 0) is 4.74 Å². The van der Waals surface area contributed by atoms with Gasteiger partial charge in [-0.05, 0) is 30.2 Å². The van der Waals surface area contributed by atoms with Gasteiger partial charge in [-0.3, -0.25) is 0 Å². The summed E-state index contributed by atoms with van der Waals surface area (Å²) < 4.78 is 10.6. The summed E-state index contributed by atoms with van der Waals surface area (Å²) in [7, 11) is 1.57. The molecule has 1 rings (SSSR count). The lowest BCUT2D eigenvalue weighted by molar-refractivity contribution is 0.176. The molecule has 0 saturated carbocycles. The fourth-order valence-electron chi connectivity index (χ4n) is 1.75. The standard InChI is InChI=1S/C18H22O3.C2H6.CH4/c1-5-7-17(19)16-13-15(9-8-14(3)20-4)10-11-18(16)21-12-6-2;1-2;/h5-6,8-11,13,17,19H,1-3,7,12H2,4H3;1-2H3;1H4/b9-8-;;. The maximum Gasteiger partial charge on any atom is 0.125 e. The minimum absolute atomic E-state index is 0. The molecule has 0 bridgehead atoms. The van der Waals surface area contributed by atoms with E-state index in [1.165, 1.54) is 0 Å². The van der Waals surface area contributed by atoms with Crippen molar-refractivity contribution in [1.82, 2.24) is 0 Å². The summed E-state index contributed by atoms with van der Waals surface area (Å²) >= 11 is 0. The largest absolute Gasteiger partial charge is 0.497 e. The number of hydrogen-bond acceptors (Lipinski definition) is 3. The van der Waals surface area contributed by atoms with Crippen LogP contribution in [0.1, 0.15) is 44.9 Å². The second-order valence-corrected chi connectivity index (χ2v) is 4.44. The van der Waals surface area contributed by atoms with Crippen LogP contribution >= 0.6 is 0 Å². The zero-order valence-corrected chi connectivity index (χ0v) is 14.4. The first kappa shape index (κ1) is 24.0. The number of aliphatic hydroxyl groups is 1. The number of benzene rings is 1. The van der Waals surface area contributed by atoms with Crippen LogP contribution in [0, 0.1) is 0 Å². The first-order chi connectivity index (χ1) is 11.1. The van der Waals surface area contributed by atoms with Crippen LogP contribution in [0.15, 0.2) is 61.9 Å². The van der Waals surface area contributed by atoms with E-state index in [9.17, 15) is 5.11 Å². The van der Waals surface area contributed by atoms with Crippen molar-refractivity contribution in [3.63, 3.8) is 0 Å². The van der Waals surface area contributed by atoms with E-state index in [0.29, 0.717) is 24.5 Å². The first-order valence-corrected chi connectivity index (χ1v) is 7.70. The predicted molar refractivity (Wildman–Crippen MR) is 105 cm³/mol. The fraction of sp³-hybridized carbons (Fsp3) is 0.333. The monoisotopic (exact) mass is 332 g/mol. The first-order valence-electron chi connectivity index (χ1n) is 7.70. The Hall–Kier alpha value is -2.26. The molecule has 0 aliphatic carbocycles. The predicted octanol–water partition coefficient (Wildman–Crippen LogP) is 5.70. The Labute approximate surface area is 147 Å². The van der Waals surface area contributed by atoms with Crippen LogP contribution in [-0.4, -0.2) is 18.8 Å². The molecule has 3 heteroatoms. The van der Waals surface area contributed by atoms with E-state index in [0.717, 1.165) is 11.1 Å². The van der Waals surface area contributed by atoms with Gasteiger partial charge in [-0.2, -0.15) is 0 Å². The molecule has 1 aromatic rings. The van der Waals surface area contributed by atoms with Crippen LogP contribution in [0.3, 0.4) is 0 Å². The smallest absolute Gasteiger partial charge is 0.125 e. The van der Waals surface area contributed by atoms with Gasteiger partial charge >= 0.3 is 0 Å². The molecule has 0 fully saturated rings. The third kappa shape index (κ3) is 8.39. The van der Waals surface area contributed by atoms with Crippen molar-refractivity contribution in [3.8, 4) is 5.75 Å². The van der Waals surface area contributed by atoms with Gasteiger partial charge in [0.1, 0.15) is 18.1 Å². The van der Waals surface area contributed by atoms with Gasteiger partial charge in [0.2, 0.25) is 0 Å². The molecule has 0 spiro atoms. The summed E-state index contributed by atoms with van der Waals surface area (Å²) in [5.74, 6) is 1.21. The third-order valence-electron chi connectivity index (χ3n) is 2.86. The summed E-state index contributed by atoms with van der Waals surface area (Å²) in [5, 5.41) is 10.2. The highest BCUT2D eigenvalue weighted by Gasteiger charge is 2.12. The van der Waals surface area contributed by atoms with Gasteiger partial charge in [0.15, 0.2) is 0 Å². The summed E-state index contributed by atoms with van der Waals surface area (Å²) in [6.07, 6.45) is 6.79. The number of ether oxygens (including phenoxy) is 2. The molecule has 1 aromatic carbocycles. The highest BCUT2D eigenvalue weighted by atomic mass is 16.5. The summed E-state index contributed by atoms with van der Waals surface area (Å²) in [6.45, 7) is 15.4. The number of hydrogen-bond donors (Lipinski definition) is 1. The second-order valence-electron chi connectivity index (χ2n) is 4.44. The van der Waals surface area contributed by atoms with Crippen LogP contribution in [0.2, 0.25) is 0 Å². The average Bonchev–Trinajstić information content (AvgIpc) is 2.60. The van der Waals surface area contributed by atoms with Gasteiger partial charge in [-0.1, -0.05) is 58.7 Å². The molecule has 24 heavy (non-hydrogen) atoms. The Balaban J connectivity index is 0. The van der Waals surface area contributed by atoms with E-state index < -0.39 is 6.10 Å². The molecule has 0 aromatic heterocycles. The van der Waals surface area contributed by atoms with Gasteiger partial charge in [0, 0.05) is 5.56 Å². The maximum atomic E-state index is 10.2. The molecule has 0 heterocycles. The Bertz CT molecular complexity index is 530. The quantitative estimate of drug-likeness (QED) is 0.358. The fourth-order valence-corrected chi connectivity index (χ4v) is 1.75. The molecule has 3 nitrogen and oxygen atoms in total. The van der Waals surface area contributed by atoms with Gasteiger partial charge in [0.05, 0.1) is 13.2 Å². The number of allylic oxidation sites excluding steroid dienone is 1. The van der Waals surface area contributed by atoms with Crippen molar-refractivity contribution in [1.29, 1.82) is 0 Å². The highest BCUT2D eigenvalue weighted by molar-refractivity contribution is 5.55. The minimum atomic E-state index is -0.652. The van der Waals surface area contributed by atoms with Crippen LogP contribution in [0.25, 0.3) is 6.08 Å². The van der Waals surface area contributed by atoms with Gasteiger partial charge in [0.25, 0.3) is 0 Å². The molecule has 1 atom stereocenters. The van der Waals surface area contributed by atoms with Gasteiger partial charge in [-0.15, -0.1) is 6.58 Å². The molecule has 0 radical (unpaired) electrons. The van der Waals surface area contributed by atoms with Crippen LogP contribution in [0.5, 0.6) is 5.75 Å². The van der Waals surface area contributed by atoms with E-state index in [4.69, 9.17) is 9.47 Å². The Morgan fingerprint density at radius 1 is 1.25 bits per heavy atom. The molecule has 0 aliphatic heterocycles. The van der Waals surface area contributed by atoms with Crippen molar-refractivity contribution < 1.29 is 14.6 Å². The minimum Gasteiger partial charge on any atom is -0.497 e. The van der Waals surface area contributed by atoms with E-state index in [-0.39, 0.29) is 7.43 Å². The van der Waals surface area contributed by atoms with Gasteiger partial charge in [-0.25, -0.2) is 0 Å². The molecular weight excluding hydrogens is 300 g/mol. The molecule has 0 amide bonds. The lowest BCUT2D eigenvalue weighted by atomic mass is 10.0. The van der Waals surface area contributed by atoms with E-state index in [1.54, 1.807) is 25.3 Å². The average molecular weight is 332 g/mol.